The molecule has 0 aliphatic carbocycles. The normalized spacial score (nSPS) is 16.4. The van der Waals surface area contributed by atoms with E-state index in [2.05, 4.69) is 10.2 Å². The van der Waals surface area contributed by atoms with Crippen molar-refractivity contribution in [2.24, 2.45) is 0 Å². The molecule has 7 nitrogen and oxygen atoms in total. The predicted octanol–water partition coefficient (Wildman–Crippen LogP) is 5.68. The molecule has 160 valence electrons. The summed E-state index contributed by atoms with van der Waals surface area (Å²) in [6.45, 7) is 1.74. The van der Waals surface area contributed by atoms with Gasteiger partial charge in [-0.3, -0.25) is 14.5 Å². The zero-order valence-electron chi connectivity index (χ0n) is 16.4. The molecule has 1 N–H and O–H groups in total. The first kappa shape index (κ1) is 20.7. The van der Waals surface area contributed by atoms with Crippen LogP contribution in [0.3, 0.4) is 0 Å². The monoisotopic (exact) mass is 485 g/mol. The lowest BCUT2D eigenvalue weighted by molar-refractivity contribution is -0.117. The summed E-state index contributed by atoms with van der Waals surface area (Å²) >= 11 is 13.4. The van der Waals surface area contributed by atoms with Gasteiger partial charge in [0.1, 0.15) is 10.6 Å². The largest absolute Gasteiger partial charge is 0.503 e. The molecule has 2 aromatic carbocycles. The zero-order valence-corrected chi connectivity index (χ0v) is 18.7. The number of Topliss-reactive ketones (excluding diaryl/α,β-unsaturated/α-hetero) is 1. The topological polar surface area (TPSA) is 96.5 Å². The van der Waals surface area contributed by atoms with E-state index >= 15 is 0 Å². The molecular formula is C22H13Cl2N3O4S. The Bertz CT molecular complexity index is 1410. The van der Waals surface area contributed by atoms with Crippen molar-refractivity contribution in [3.05, 3.63) is 86.2 Å². The number of aliphatic hydroxyl groups is 1. The van der Waals surface area contributed by atoms with Gasteiger partial charge in [0, 0.05) is 5.39 Å². The molecule has 0 saturated heterocycles. The average Bonchev–Trinajstić information content (AvgIpc) is 3.46. The van der Waals surface area contributed by atoms with Gasteiger partial charge in [0.15, 0.2) is 11.5 Å². The molecule has 2 aromatic heterocycles. The lowest BCUT2D eigenvalue weighted by Gasteiger charge is -2.24. The van der Waals surface area contributed by atoms with Crippen LogP contribution < -0.4 is 4.90 Å². The number of halogens is 2. The SMILES string of the molecule is Cc1nnc(N2C(=O)C(O)=C(C(=O)c3cc4ccccc4o3)[C@@H]2c2ccc(Cl)c(Cl)c2)s1. The molecule has 0 bridgehead atoms. The Morgan fingerprint density at radius 1 is 1.12 bits per heavy atom. The van der Waals surface area contributed by atoms with Crippen molar-refractivity contribution in [1.82, 2.24) is 10.2 Å². The van der Waals surface area contributed by atoms with E-state index < -0.39 is 23.5 Å². The van der Waals surface area contributed by atoms with Crippen molar-refractivity contribution in [1.29, 1.82) is 0 Å². The molecule has 1 aliphatic rings. The number of carbonyl (C=O) groups excluding carboxylic acids is 2. The van der Waals surface area contributed by atoms with Crippen molar-refractivity contribution in [2.45, 2.75) is 13.0 Å². The van der Waals surface area contributed by atoms with Crippen molar-refractivity contribution in [3.8, 4) is 0 Å². The minimum Gasteiger partial charge on any atom is -0.503 e. The van der Waals surface area contributed by atoms with E-state index in [-0.39, 0.29) is 21.5 Å². The Labute approximate surface area is 195 Å². The number of furan rings is 1. The third-order valence-corrected chi connectivity index (χ3v) is 6.66. The summed E-state index contributed by atoms with van der Waals surface area (Å²) in [6.07, 6.45) is 0. The van der Waals surface area contributed by atoms with Crippen LogP contribution in [0.1, 0.15) is 27.2 Å². The first-order chi connectivity index (χ1) is 15.3. The molecule has 1 amide bonds. The quantitative estimate of drug-likeness (QED) is 0.373. The van der Waals surface area contributed by atoms with Crippen LogP contribution >= 0.6 is 34.5 Å². The zero-order chi connectivity index (χ0) is 22.6. The van der Waals surface area contributed by atoms with Crippen LogP contribution in [0.25, 0.3) is 11.0 Å². The minimum absolute atomic E-state index is 0.000838. The smallest absolute Gasteiger partial charge is 0.296 e. The van der Waals surface area contributed by atoms with E-state index in [1.807, 2.05) is 6.07 Å². The number of aromatic nitrogens is 2. The average molecular weight is 486 g/mol. The molecule has 5 rings (SSSR count). The number of hydrogen-bond acceptors (Lipinski definition) is 7. The van der Waals surface area contributed by atoms with Crippen LogP contribution in [0, 0.1) is 6.92 Å². The van der Waals surface area contributed by atoms with Gasteiger partial charge in [-0.2, -0.15) is 0 Å². The number of ketones is 1. The lowest BCUT2D eigenvalue weighted by Crippen LogP contribution is -2.31. The van der Waals surface area contributed by atoms with Crippen LogP contribution in [0.15, 0.2) is 64.3 Å². The maximum absolute atomic E-state index is 13.5. The fraction of sp³-hybridized carbons (Fsp3) is 0.0909. The Morgan fingerprint density at radius 3 is 2.59 bits per heavy atom. The highest BCUT2D eigenvalue weighted by Gasteiger charge is 2.46. The van der Waals surface area contributed by atoms with E-state index in [1.54, 1.807) is 49.4 Å². The highest BCUT2D eigenvalue weighted by molar-refractivity contribution is 7.15. The second kappa shape index (κ2) is 7.74. The molecule has 0 unspecified atom stereocenters. The summed E-state index contributed by atoms with van der Waals surface area (Å²) < 4.78 is 5.70. The van der Waals surface area contributed by atoms with E-state index in [0.29, 0.717) is 21.2 Å². The molecule has 4 aromatic rings. The van der Waals surface area contributed by atoms with Gasteiger partial charge in [-0.05, 0) is 36.8 Å². The highest BCUT2D eigenvalue weighted by atomic mass is 35.5. The van der Waals surface area contributed by atoms with Crippen LogP contribution in [0.4, 0.5) is 5.13 Å². The van der Waals surface area contributed by atoms with E-state index in [9.17, 15) is 14.7 Å². The van der Waals surface area contributed by atoms with E-state index in [0.717, 1.165) is 16.7 Å². The van der Waals surface area contributed by atoms with Gasteiger partial charge >= 0.3 is 0 Å². The number of aryl methyl sites for hydroxylation is 1. The van der Waals surface area contributed by atoms with Gasteiger partial charge in [0.05, 0.1) is 21.7 Å². The van der Waals surface area contributed by atoms with E-state index in [4.69, 9.17) is 27.6 Å². The molecule has 1 atom stereocenters. The van der Waals surface area contributed by atoms with Crippen LogP contribution in [0.2, 0.25) is 10.0 Å². The molecule has 0 saturated carbocycles. The van der Waals surface area contributed by atoms with Gasteiger partial charge in [-0.1, -0.05) is 58.8 Å². The Balaban J connectivity index is 1.68. The maximum atomic E-state index is 13.5. The number of nitrogens with zero attached hydrogens (tertiary/aromatic N) is 3. The van der Waals surface area contributed by atoms with Crippen molar-refractivity contribution >= 4 is 62.3 Å². The number of para-hydroxylation sites is 1. The third-order valence-electron chi connectivity index (χ3n) is 5.08. The standard InChI is InChI=1S/C22H13Cl2N3O4S/c1-10-25-26-22(32-10)27-18(12-6-7-13(23)14(24)8-12)17(20(29)21(27)30)19(28)16-9-11-4-2-3-5-15(11)31-16/h2-9,18,29H,1H3/t18-/m0/s1. The number of rotatable bonds is 4. The number of aliphatic hydroxyl groups excluding tert-OH is 1. The third kappa shape index (κ3) is 3.28. The first-order valence-corrected chi connectivity index (χ1v) is 11.0. The van der Waals surface area contributed by atoms with Crippen molar-refractivity contribution in [3.63, 3.8) is 0 Å². The van der Waals surface area contributed by atoms with Crippen molar-refractivity contribution < 1.29 is 19.1 Å². The molecule has 32 heavy (non-hydrogen) atoms. The molecule has 0 spiro atoms. The van der Waals surface area contributed by atoms with Crippen LogP contribution in [-0.2, 0) is 4.79 Å². The summed E-state index contributed by atoms with van der Waals surface area (Å²) in [5, 5.41) is 20.9. The van der Waals surface area contributed by atoms with E-state index in [1.165, 1.54) is 4.90 Å². The second-order valence-electron chi connectivity index (χ2n) is 7.09. The number of anilines is 1. The van der Waals surface area contributed by atoms with Crippen molar-refractivity contribution in [2.75, 3.05) is 4.90 Å². The molecule has 0 fully saturated rings. The molecule has 10 heteroatoms. The fourth-order valence-corrected chi connectivity index (χ4v) is 4.66. The number of fused-ring (bicyclic) bond motifs is 1. The Kier molecular flexibility index (Phi) is 5.00. The lowest BCUT2D eigenvalue weighted by atomic mass is 9.95. The fourth-order valence-electron chi connectivity index (χ4n) is 3.64. The van der Waals surface area contributed by atoms with Gasteiger partial charge < -0.3 is 9.52 Å². The summed E-state index contributed by atoms with van der Waals surface area (Å²) in [5.41, 5.74) is 0.854. The minimum atomic E-state index is -0.995. The second-order valence-corrected chi connectivity index (χ2v) is 9.07. The number of amides is 1. The summed E-state index contributed by atoms with van der Waals surface area (Å²) in [7, 11) is 0. The van der Waals surface area contributed by atoms with Gasteiger partial charge in [0.25, 0.3) is 5.91 Å². The van der Waals surface area contributed by atoms with Crippen LogP contribution in [-0.4, -0.2) is 27.0 Å². The summed E-state index contributed by atoms with van der Waals surface area (Å²) in [5.74, 6) is -2.07. The summed E-state index contributed by atoms with van der Waals surface area (Å²) in [6, 6.07) is 12.5. The maximum Gasteiger partial charge on any atom is 0.296 e. The van der Waals surface area contributed by atoms with Crippen LogP contribution in [0.5, 0.6) is 0 Å². The Morgan fingerprint density at radius 2 is 1.91 bits per heavy atom. The van der Waals surface area contributed by atoms with Gasteiger partial charge in [-0.15, -0.1) is 10.2 Å². The Hall–Kier alpha value is -3.20. The molecule has 1 aliphatic heterocycles. The molecule has 3 heterocycles. The number of carbonyl (C=O) groups is 2. The number of benzene rings is 2. The van der Waals surface area contributed by atoms with Gasteiger partial charge in [-0.25, -0.2) is 0 Å². The predicted molar refractivity (Wildman–Crippen MR) is 122 cm³/mol. The highest BCUT2D eigenvalue weighted by Crippen LogP contribution is 2.44. The summed E-state index contributed by atoms with van der Waals surface area (Å²) in [4.78, 5) is 27.8. The number of hydrogen-bond donors (Lipinski definition) is 1. The molecular weight excluding hydrogens is 473 g/mol. The van der Waals surface area contributed by atoms with Gasteiger partial charge in [0.2, 0.25) is 10.9 Å². The molecule has 0 radical (unpaired) electrons. The first-order valence-electron chi connectivity index (χ1n) is 9.40.